The Morgan fingerprint density at radius 2 is 2.39 bits per heavy atom. The van der Waals surface area contributed by atoms with Gasteiger partial charge in [0.1, 0.15) is 0 Å². The summed E-state index contributed by atoms with van der Waals surface area (Å²) in [5.41, 5.74) is 6.86. The molecule has 18 heavy (non-hydrogen) atoms. The molecular weight excluding hydrogens is 294 g/mol. The van der Waals surface area contributed by atoms with Gasteiger partial charge >= 0.3 is 0 Å². The second-order valence-corrected chi connectivity index (χ2v) is 5.77. The van der Waals surface area contributed by atoms with E-state index in [0.29, 0.717) is 17.2 Å². The Balaban J connectivity index is 1.93. The molecule has 2 rings (SSSR count). The van der Waals surface area contributed by atoms with Gasteiger partial charge in [0.05, 0.1) is 5.56 Å². The normalized spacial score (nSPS) is 20.0. The van der Waals surface area contributed by atoms with Crippen molar-refractivity contribution in [2.45, 2.75) is 6.42 Å². The number of nitrogens with two attached hydrogens (primary N) is 1. The quantitative estimate of drug-likeness (QED) is 0.836. The summed E-state index contributed by atoms with van der Waals surface area (Å²) in [6.07, 6.45) is 1.14. The van der Waals surface area contributed by atoms with Crippen LogP contribution < -0.4 is 11.1 Å². The Bertz CT molecular complexity index is 450. The maximum absolute atomic E-state index is 12.0. The number of rotatable bonds is 3. The molecule has 3 N–H and O–H groups in total. The third kappa shape index (κ3) is 3.23. The highest BCUT2D eigenvalue weighted by Gasteiger charge is 2.20. The van der Waals surface area contributed by atoms with Crippen molar-refractivity contribution in [3.8, 4) is 0 Å². The lowest BCUT2D eigenvalue weighted by atomic mass is 10.1. The summed E-state index contributed by atoms with van der Waals surface area (Å²) in [6, 6.07) is 5.33. The number of amides is 1. The van der Waals surface area contributed by atoms with Crippen molar-refractivity contribution in [2.24, 2.45) is 5.92 Å². The fourth-order valence-corrected chi connectivity index (χ4v) is 2.61. The minimum absolute atomic E-state index is 0.0941. The number of hydrogen-bond acceptors (Lipinski definition) is 3. The van der Waals surface area contributed by atoms with E-state index in [0.717, 1.165) is 30.5 Å². The number of nitrogen functional groups attached to an aromatic ring is 1. The monoisotopic (exact) mass is 311 g/mol. The first kappa shape index (κ1) is 13.4. The molecule has 1 amide bonds. The summed E-state index contributed by atoms with van der Waals surface area (Å²) in [4.78, 5) is 14.3. The molecule has 0 bridgehead atoms. The minimum Gasteiger partial charge on any atom is -0.398 e. The highest BCUT2D eigenvalue weighted by Crippen LogP contribution is 2.19. The Hall–Kier alpha value is -1.07. The number of hydrogen-bond donors (Lipinski definition) is 2. The van der Waals surface area contributed by atoms with Gasteiger partial charge in [-0.05, 0) is 44.1 Å². The third-order valence-electron chi connectivity index (χ3n) is 3.30. The predicted octanol–water partition coefficient (Wildman–Crippen LogP) is 1.71. The third-order valence-corrected chi connectivity index (χ3v) is 3.79. The second-order valence-electron chi connectivity index (χ2n) is 4.86. The molecular formula is C13H18BrN3O. The largest absolute Gasteiger partial charge is 0.398 e. The first-order valence-electron chi connectivity index (χ1n) is 6.08. The van der Waals surface area contributed by atoms with Crippen LogP contribution in [0.1, 0.15) is 16.8 Å². The van der Waals surface area contributed by atoms with Crippen LogP contribution in [0.25, 0.3) is 0 Å². The molecule has 1 atom stereocenters. The van der Waals surface area contributed by atoms with E-state index in [1.165, 1.54) is 0 Å². The van der Waals surface area contributed by atoms with E-state index in [4.69, 9.17) is 5.73 Å². The van der Waals surface area contributed by atoms with E-state index >= 15 is 0 Å². The molecule has 1 heterocycles. The molecule has 98 valence electrons. The highest BCUT2D eigenvalue weighted by atomic mass is 79.9. The van der Waals surface area contributed by atoms with Gasteiger partial charge < -0.3 is 16.0 Å². The van der Waals surface area contributed by atoms with Crippen molar-refractivity contribution in [1.82, 2.24) is 10.2 Å². The number of carbonyl (C=O) groups excluding carboxylic acids is 1. The summed E-state index contributed by atoms with van der Waals surface area (Å²) >= 11 is 3.35. The summed E-state index contributed by atoms with van der Waals surface area (Å²) in [7, 11) is 2.11. The molecule has 1 aromatic rings. The fraction of sp³-hybridized carbons (Fsp3) is 0.462. The van der Waals surface area contributed by atoms with Crippen molar-refractivity contribution < 1.29 is 4.79 Å². The zero-order valence-electron chi connectivity index (χ0n) is 10.4. The van der Waals surface area contributed by atoms with E-state index in [-0.39, 0.29) is 5.91 Å². The van der Waals surface area contributed by atoms with Gasteiger partial charge in [0.25, 0.3) is 5.91 Å². The van der Waals surface area contributed by atoms with Crippen LogP contribution in [0.2, 0.25) is 0 Å². The number of likely N-dealkylation sites (tertiary alicyclic amines) is 1. The van der Waals surface area contributed by atoms with Gasteiger partial charge in [-0.1, -0.05) is 15.9 Å². The Kier molecular flexibility index (Phi) is 4.24. The summed E-state index contributed by atoms with van der Waals surface area (Å²) in [5.74, 6) is 0.454. The van der Waals surface area contributed by atoms with Crippen molar-refractivity contribution in [3.63, 3.8) is 0 Å². The summed E-state index contributed by atoms with van der Waals surface area (Å²) < 4.78 is 0.863. The number of halogens is 1. The number of carbonyl (C=O) groups is 1. The average molecular weight is 312 g/mol. The molecule has 0 aromatic heterocycles. The molecule has 1 aliphatic rings. The van der Waals surface area contributed by atoms with E-state index in [9.17, 15) is 4.79 Å². The molecule has 1 fully saturated rings. The van der Waals surface area contributed by atoms with Gasteiger partial charge in [0.2, 0.25) is 0 Å². The van der Waals surface area contributed by atoms with Crippen LogP contribution in [-0.4, -0.2) is 37.5 Å². The van der Waals surface area contributed by atoms with Crippen LogP contribution in [0.4, 0.5) is 5.69 Å². The number of nitrogens with zero attached hydrogens (tertiary/aromatic N) is 1. The van der Waals surface area contributed by atoms with Gasteiger partial charge in [-0.3, -0.25) is 4.79 Å². The smallest absolute Gasteiger partial charge is 0.253 e. The van der Waals surface area contributed by atoms with Crippen molar-refractivity contribution in [1.29, 1.82) is 0 Å². The molecule has 0 saturated carbocycles. The van der Waals surface area contributed by atoms with Crippen molar-refractivity contribution in [3.05, 3.63) is 28.2 Å². The zero-order valence-corrected chi connectivity index (χ0v) is 12.0. The van der Waals surface area contributed by atoms with Crippen LogP contribution in [0, 0.1) is 5.92 Å². The number of nitrogens with one attached hydrogen (secondary N) is 1. The zero-order chi connectivity index (χ0) is 13.1. The standard InChI is InChI=1S/C13H18BrN3O/c1-17-5-4-9(8-17)7-16-13(18)11-6-10(14)2-3-12(11)15/h2-3,6,9H,4-5,7-8,15H2,1H3,(H,16,18). The van der Waals surface area contributed by atoms with Crippen LogP contribution in [0.3, 0.4) is 0 Å². The van der Waals surface area contributed by atoms with Gasteiger partial charge in [-0.2, -0.15) is 0 Å². The van der Waals surface area contributed by atoms with Crippen LogP contribution >= 0.6 is 15.9 Å². The van der Waals surface area contributed by atoms with E-state index in [1.54, 1.807) is 12.1 Å². The van der Waals surface area contributed by atoms with E-state index in [1.807, 2.05) is 6.07 Å². The van der Waals surface area contributed by atoms with Gasteiger partial charge in [-0.15, -0.1) is 0 Å². The Labute approximate surface area is 116 Å². The maximum Gasteiger partial charge on any atom is 0.253 e. The van der Waals surface area contributed by atoms with Crippen molar-refractivity contribution >= 4 is 27.5 Å². The van der Waals surface area contributed by atoms with E-state index < -0.39 is 0 Å². The summed E-state index contributed by atoms with van der Waals surface area (Å²) in [6.45, 7) is 2.88. The van der Waals surface area contributed by atoms with Gasteiger partial charge in [0.15, 0.2) is 0 Å². The van der Waals surface area contributed by atoms with Crippen molar-refractivity contribution in [2.75, 3.05) is 32.4 Å². The molecule has 4 nitrogen and oxygen atoms in total. The molecule has 1 unspecified atom stereocenters. The molecule has 1 aliphatic heterocycles. The molecule has 0 aliphatic carbocycles. The van der Waals surface area contributed by atoms with E-state index in [2.05, 4.69) is 33.2 Å². The van der Waals surface area contributed by atoms with Gasteiger partial charge in [-0.25, -0.2) is 0 Å². The topological polar surface area (TPSA) is 58.4 Å². The first-order chi connectivity index (χ1) is 8.56. The number of anilines is 1. The average Bonchev–Trinajstić information content (AvgIpc) is 2.75. The number of benzene rings is 1. The van der Waals surface area contributed by atoms with Crippen LogP contribution in [0.5, 0.6) is 0 Å². The first-order valence-corrected chi connectivity index (χ1v) is 6.87. The van der Waals surface area contributed by atoms with Crippen LogP contribution in [-0.2, 0) is 0 Å². The Morgan fingerprint density at radius 1 is 1.61 bits per heavy atom. The minimum atomic E-state index is -0.0941. The molecule has 0 radical (unpaired) electrons. The highest BCUT2D eigenvalue weighted by molar-refractivity contribution is 9.10. The SMILES string of the molecule is CN1CCC(CNC(=O)c2cc(Br)ccc2N)C1. The van der Waals surface area contributed by atoms with Crippen LogP contribution in [0.15, 0.2) is 22.7 Å². The summed E-state index contributed by atoms with van der Waals surface area (Å²) in [5, 5.41) is 2.96. The molecule has 0 spiro atoms. The molecule has 1 aromatic carbocycles. The lowest BCUT2D eigenvalue weighted by Crippen LogP contribution is -2.30. The predicted molar refractivity (Wildman–Crippen MR) is 76.5 cm³/mol. The second kappa shape index (κ2) is 5.71. The van der Waals surface area contributed by atoms with Gasteiger partial charge in [0, 0.05) is 23.2 Å². The maximum atomic E-state index is 12.0. The fourth-order valence-electron chi connectivity index (χ4n) is 2.25. The Morgan fingerprint density at radius 3 is 3.06 bits per heavy atom. The molecule has 5 heteroatoms. The molecule has 1 saturated heterocycles. The lowest BCUT2D eigenvalue weighted by Gasteiger charge is -2.12. The lowest BCUT2D eigenvalue weighted by molar-refractivity contribution is 0.0948.